The van der Waals surface area contributed by atoms with E-state index in [2.05, 4.69) is 29.8 Å². The zero-order valence-corrected chi connectivity index (χ0v) is 8.88. The summed E-state index contributed by atoms with van der Waals surface area (Å²) in [5.41, 5.74) is 0.562. The molecule has 0 spiro atoms. The minimum absolute atomic E-state index is 0.562. The molecule has 0 fully saturated rings. The van der Waals surface area contributed by atoms with Gasteiger partial charge in [-0.05, 0) is 5.41 Å². The van der Waals surface area contributed by atoms with Gasteiger partial charge in [-0.3, -0.25) is 0 Å². The van der Waals surface area contributed by atoms with Gasteiger partial charge in [-0.2, -0.15) is 0 Å². The summed E-state index contributed by atoms with van der Waals surface area (Å²) in [7, 11) is 1.33. The van der Waals surface area contributed by atoms with Crippen LogP contribution in [-0.4, -0.2) is 15.6 Å². The van der Waals surface area contributed by atoms with Gasteiger partial charge in [-0.15, -0.1) is 0 Å². The average Bonchev–Trinajstić information content (AvgIpc) is 1.68. The zero-order valence-electron chi connectivity index (χ0n) is 5.29. The minimum Gasteiger partial charge on any atom is -0.0922 e. The Kier molecular flexibility index (Phi) is 3.16. The third kappa shape index (κ3) is 3.29. The Morgan fingerprint density at radius 2 is 2.00 bits per heavy atom. The monoisotopic (exact) mass is 180 g/mol. The van der Waals surface area contributed by atoms with Crippen LogP contribution in [0.3, 0.4) is 0 Å². The fourth-order valence-corrected chi connectivity index (χ4v) is 1.47. The normalized spacial score (nSPS) is 12.4. The van der Waals surface area contributed by atoms with Crippen LogP contribution in [0.25, 0.3) is 0 Å². The van der Waals surface area contributed by atoms with Crippen molar-refractivity contribution in [2.24, 2.45) is 5.41 Å². The van der Waals surface area contributed by atoms with E-state index in [4.69, 9.17) is 0 Å². The smallest absolute Gasteiger partial charge is 0.00797 e. The van der Waals surface area contributed by atoms with Crippen molar-refractivity contribution in [1.82, 2.24) is 0 Å². The maximum absolute atomic E-state index is 3.45. The predicted molar refractivity (Wildman–Crippen MR) is 42.3 cm³/mol. The van der Waals surface area contributed by atoms with Gasteiger partial charge in [0.05, 0.1) is 0 Å². The molecule has 0 unspecified atom stereocenters. The molecule has 0 amide bonds. The van der Waals surface area contributed by atoms with Crippen LogP contribution >= 0.6 is 15.9 Å². The van der Waals surface area contributed by atoms with E-state index in [1.165, 1.54) is 16.3 Å². The first-order valence-electron chi connectivity index (χ1n) is 2.68. The highest BCUT2D eigenvalue weighted by Gasteiger charge is 2.10. The van der Waals surface area contributed by atoms with Crippen LogP contribution in [0.15, 0.2) is 0 Å². The number of hydrogen-bond donors (Lipinski definition) is 0. The summed E-state index contributed by atoms with van der Waals surface area (Å²) < 4.78 is 0. The van der Waals surface area contributed by atoms with Gasteiger partial charge in [0.2, 0.25) is 0 Å². The Morgan fingerprint density at radius 1 is 1.57 bits per heavy atom. The molecule has 0 heterocycles. The van der Waals surface area contributed by atoms with Crippen molar-refractivity contribution in [3.63, 3.8) is 0 Å². The summed E-state index contributed by atoms with van der Waals surface area (Å²) in [5, 5.41) is 1.14. The highest BCUT2D eigenvalue weighted by molar-refractivity contribution is 9.09. The molecule has 0 radical (unpaired) electrons. The fraction of sp³-hybridized carbons (Fsp3) is 1.00. The maximum Gasteiger partial charge on any atom is 0.00797 e. The summed E-state index contributed by atoms with van der Waals surface area (Å²) in [6, 6.07) is 1.39. The van der Waals surface area contributed by atoms with Crippen molar-refractivity contribution in [2.75, 3.05) is 5.33 Å². The van der Waals surface area contributed by atoms with Crippen LogP contribution in [0.1, 0.15) is 13.8 Å². The van der Waals surface area contributed by atoms with E-state index in [0.717, 1.165) is 5.33 Å². The summed E-state index contributed by atoms with van der Waals surface area (Å²) >= 11 is 3.45. The zero-order chi connectivity index (χ0) is 5.91. The molecule has 44 valence electrons. The molecule has 0 aliphatic rings. The van der Waals surface area contributed by atoms with Gasteiger partial charge in [-0.25, -0.2) is 0 Å². The van der Waals surface area contributed by atoms with Crippen molar-refractivity contribution in [3.8, 4) is 0 Å². The highest BCUT2D eigenvalue weighted by atomic mass is 79.9. The van der Waals surface area contributed by atoms with Crippen molar-refractivity contribution >= 4 is 26.2 Å². The molecule has 0 bridgehead atoms. The van der Waals surface area contributed by atoms with Crippen LogP contribution in [0.2, 0.25) is 6.04 Å². The molecule has 0 aliphatic heterocycles. The molecule has 0 saturated heterocycles. The van der Waals surface area contributed by atoms with Crippen molar-refractivity contribution in [3.05, 3.63) is 0 Å². The molecule has 0 saturated carbocycles. The third-order valence-electron chi connectivity index (χ3n) is 1.32. The molecule has 0 rings (SSSR count). The molecule has 2 heteroatoms. The first kappa shape index (κ1) is 7.70. The standard InChI is InChI=1S/C5H13BrSi/c1-5(2,3-6)4-7/h3-4H2,1-2,7H3. The maximum atomic E-state index is 3.45. The second-order valence-electron chi connectivity index (χ2n) is 2.65. The van der Waals surface area contributed by atoms with E-state index in [-0.39, 0.29) is 0 Å². The Bertz CT molecular complexity index is 46.0. The van der Waals surface area contributed by atoms with Crippen LogP contribution in [0.5, 0.6) is 0 Å². The largest absolute Gasteiger partial charge is 0.0922 e. The molecule has 0 aliphatic carbocycles. The number of hydrogen-bond acceptors (Lipinski definition) is 0. The van der Waals surface area contributed by atoms with Crippen molar-refractivity contribution < 1.29 is 0 Å². The summed E-state index contributed by atoms with van der Waals surface area (Å²) in [4.78, 5) is 0. The lowest BCUT2D eigenvalue weighted by molar-refractivity contribution is 0.484. The Labute approximate surface area is 57.2 Å². The number of halogens is 1. The minimum atomic E-state index is 0.562. The Hall–Kier alpha value is 0.697. The summed E-state index contributed by atoms with van der Waals surface area (Å²) in [5.74, 6) is 0. The average molecular weight is 181 g/mol. The fourth-order valence-electron chi connectivity index (χ4n) is 0.0945. The number of alkyl halides is 1. The van der Waals surface area contributed by atoms with Gasteiger partial charge >= 0.3 is 0 Å². The second-order valence-corrected chi connectivity index (χ2v) is 3.92. The van der Waals surface area contributed by atoms with Gasteiger partial charge in [-0.1, -0.05) is 35.8 Å². The third-order valence-corrected chi connectivity index (χ3v) is 4.75. The SMILES string of the molecule is CC(C)(C[SiH3])CBr. The lowest BCUT2D eigenvalue weighted by Crippen LogP contribution is -2.10. The molecule has 0 aromatic heterocycles. The lowest BCUT2D eigenvalue weighted by Gasteiger charge is -2.17. The van der Waals surface area contributed by atoms with E-state index in [1.54, 1.807) is 0 Å². The van der Waals surface area contributed by atoms with Crippen molar-refractivity contribution in [1.29, 1.82) is 0 Å². The molecule has 7 heavy (non-hydrogen) atoms. The number of rotatable bonds is 2. The van der Waals surface area contributed by atoms with E-state index in [1.807, 2.05) is 0 Å². The summed E-state index contributed by atoms with van der Waals surface area (Å²) in [6.45, 7) is 4.57. The first-order chi connectivity index (χ1) is 3.12. The van der Waals surface area contributed by atoms with Gasteiger partial charge in [0, 0.05) is 15.6 Å². The Morgan fingerprint density at radius 3 is 2.00 bits per heavy atom. The van der Waals surface area contributed by atoms with Crippen molar-refractivity contribution in [2.45, 2.75) is 19.9 Å². The van der Waals surface area contributed by atoms with Gasteiger partial charge in [0.25, 0.3) is 0 Å². The second kappa shape index (κ2) is 2.87. The lowest BCUT2D eigenvalue weighted by atomic mass is 10.0. The molecular weight excluding hydrogens is 168 g/mol. The Balaban J connectivity index is 3.36. The molecule has 0 aromatic rings. The molecule has 0 nitrogen and oxygen atoms in total. The predicted octanol–water partition coefficient (Wildman–Crippen LogP) is 1.19. The van der Waals surface area contributed by atoms with Crippen LogP contribution < -0.4 is 0 Å². The molecule has 0 N–H and O–H groups in total. The first-order valence-corrected chi connectivity index (χ1v) is 5.22. The highest BCUT2D eigenvalue weighted by Crippen LogP contribution is 2.20. The van der Waals surface area contributed by atoms with E-state index in [0.29, 0.717) is 5.41 Å². The van der Waals surface area contributed by atoms with E-state index in [9.17, 15) is 0 Å². The van der Waals surface area contributed by atoms with Gasteiger partial charge in [0.15, 0.2) is 0 Å². The van der Waals surface area contributed by atoms with Crippen LogP contribution in [-0.2, 0) is 0 Å². The van der Waals surface area contributed by atoms with E-state index >= 15 is 0 Å². The van der Waals surface area contributed by atoms with Crippen LogP contribution in [0, 0.1) is 5.41 Å². The molecule has 0 aromatic carbocycles. The molecule has 0 atom stereocenters. The summed E-state index contributed by atoms with van der Waals surface area (Å²) in [6.07, 6.45) is 0. The van der Waals surface area contributed by atoms with E-state index < -0.39 is 0 Å². The quantitative estimate of drug-likeness (QED) is 0.443. The van der Waals surface area contributed by atoms with Gasteiger partial charge < -0.3 is 0 Å². The molecular formula is C5H13BrSi. The van der Waals surface area contributed by atoms with Gasteiger partial charge in [0.1, 0.15) is 0 Å². The van der Waals surface area contributed by atoms with Crippen LogP contribution in [0.4, 0.5) is 0 Å². The topological polar surface area (TPSA) is 0 Å².